The van der Waals surface area contributed by atoms with E-state index in [0.717, 1.165) is 0 Å². The molecule has 1 unspecified atom stereocenters. The molecule has 8 nitrogen and oxygen atoms in total. The summed E-state index contributed by atoms with van der Waals surface area (Å²) in [5.74, 6) is -0.997. The van der Waals surface area contributed by atoms with Crippen molar-refractivity contribution in [2.24, 2.45) is 0 Å². The van der Waals surface area contributed by atoms with Gasteiger partial charge in [0.1, 0.15) is 17.1 Å². The molecule has 2 atom stereocenters. The molecular formula is C17H21BO8. The van der Waals surface area contributed by atoms with Crippen LogP contribution >= 0.6 is 0 Å². The third-order valence-electron chi connectivity index (χ3n) is 3.79. The van der Waals surface area contributed by atoms with Crippen molar-refractivity contribution in [3.63, 3.8) is 0 Å². The van der Waals surface area contributed by atoms with Crippen LogP contribution in [0.4, 0.5) is 4.79 Å². The summed E-state index contributed by atoms with van der Waals surface area (Å²) in [7, 11) is -1.20. The Labute approximate surface area is 151 Å². The first kappa shape index (κ1) is 19.8. The number of Topliss-reactive ketones (excluding diaryl/α,β-unsaturated/α-hetero) is 1. The van der Waals surface area contributed by atoms with Crippen molar-refractivity contribution in [1.82, 2.24) is 0 Å². The summed E-state index contributed by atoms with van der Waals surface area (Å²) in [4.78, 5) is 34.9. The predicted molar refractivity (Wildman–Crippen MR) is 90.8 cm³/mol. The number of rotatable bonds is 6. The van der Waals surface area contributed by atoms with Gasteiger partial charge in [-0.15, -0.1) is 0 Å². The summed E-state index contributed by atoms with van der Waals surface area (Å²) in [5.41, 5.74) is 0.789. The molecule has 0 amide bonds. The lowest BCUT2D eigenvalue weighted by molar-refractivity contribution is -0.117. The van der Waals surface area contributed by atoms with Crippen molar-refractivity contribution in [3.05, 3.63) is 29.3 Å². The van der Waals surface area contributed by atoms with Crippen LogP contribution in [-0.2, 0) is 25.4 Å². The van der Waals surface area contributed by atoms with Gasteiger partial charge in [0.15, 0.2) is 0 Å². The molecule has 1 aliphatic heterocycles. The normalized spacial score (nSPS) is 16.8. The van der Waals surface area contributed by atoms with Gasteiger partial charge in [0, 0.05) is 19.2 Å². The lowest BCUT2D eigenvalue weighted by Gasteiger charge is -2.28. The van der Waals surface area contributed by atoms with Crippen molar-refractivity contribution < 1.29 is 38.3 Å². The zero-order valence-electron chi connectivity index (χ0n) is 14.9. The fourth-order valence-electron chi connectivity index (χ4n) is 2.71. The number of hydrogen-bond donors (Lipinski definition) is 1. The standard InChI is InChI=1S/C17H21BO8/c1-4-23-17(21)25-11(3)24-16(20)14-7-5-6-12-9-13(8-10(2)19)18(22)26-15(12)14/h5-7,11,13,22H,4,8-9H2,1-3H3/t11?,13-/m0/s1. The minimum Gasteiger partial charge on any atom is -0.535 e. The van der Waals surface area contributed by atoms with Crippen LogP contribution in [0.5, 0.6) is 5.75 Å². The summed E-state index contributed by atoms with van der Waals surface area (Å²) in [5, 5.41) is 10.1. The van der Waals surface area contributed by atoms with E-state index in [9.17, 15) is 19.4 Å². The molecular weight excluding hydrogens is 343 g/mol. The van der Waals surface area contributed by atoms with E-state index in [4.69, 9.17) is 14.1 Å². The third-order valence-corrected chi connectivity index (χ3v) is 3.79. The minimum atomic E-state index is -1.20. The maximum Gasteiger partial charge on any atom is 0.526 e. The van der Waals surface area contributed by atoms with E-state index >= 15 is 0 Å². The van der Waals surface area contributed by atoms with Crippen LogP contribution in [0.2, 0.25) is 5.82 Å². The van der Waals surface area contributed by atoms with E-state index in [1.807, 2.05) is 0 Å². The quantitative estimate of drug-likeness (QED) is 0.465. The second-order valence-corrected chi connectivity index (χ2v) is 5.95. The Morgan fingerprint density at radius 2 is 2.08 bits per heavy atom. The largest absolute Gasteiger partial charge is 0.535 e. The monoisotopic (exact) mass is 364 g/mol. The fourth-order valence-corrected chi connectivity index (χ4v) is 2.71. The van der Waals surface area contributed by atoms with Gasteiger partial charge in [-0.2, -0.15) is 0 Å². The van der Waals surface area contributed by atoms with Gasteiger partial charge >= 0.3 is 19.2 Å². The Hall–Kier alpha value is -2.55. The molecule has 1 N–H and O–H groups in total. The molecule has 140 valence electrons. The summed E-state index contributed by atoms with van der Waals surface area (Å²) < 4.78 is 19.9. The maximum absolute atomic E-state index is 12.4. The van der Waals surface area contributed by atoms with Crippen LogP contribution < -0.4 is 4.65 Å². The molecule has 0 aliphatic carbocycles. The Morgan fingerprint density at radius 3 is 2.73 bits per heavy atom. The molecule has 26 heavy (non-hydrogen) atoms. The number of ether oxygens (including phenoxy) is 3. The topological polar surface area (TPSA) is 108 Å². The van der Waals surface area contributed by atoms with Crippen LogP contribution in [0.15, 0.2) is 18.2 Å². The van der Waals surface area contributed by atoms with Gasteiger partial charge in [-0.1, -0.05) is 12.1 Å². The molecule has 2 rings (SSSR count). The first-order chi connectivity index (χ1) is 12.3. The van der Waals surface area contributed by atoms with Crippen molar-refractivity contribution in [2.75, 3.05) is 6.61 Å². The number of carbonyl (C=O) groups excluding carboxylic acids is 3. The van der Waals surface area contributed by atoms with E-state index in [2.05, 4.69) is 4.74 Å². The van der Waals surface area contributed by atoms with Crippen molar-refractivity contribution in [2.45, 2.75) is 45.7 Å². The van der Waals surface area contributed by atoms with Crippen molar-refractivity contribution in [3.8, 4) is 5.75 Å². The summed E-state index contributed by atoms with van der Waals surface area (Å²) in [6, 6.07) is 4.89. The molecule has 0 bridgehead atoms. The highest BCUT2D eigenvalue weighted by Gasteiger charge is 2.37. The Bertz CT molecular complexity index is 689. The van der Waals surface area contributed by atoms with Crippen LogP contribution in [0.1, 0.15) is 43.1 Å². The molecule has 0 saturated carbocycles. The van der Waals surface area contributed by atoms with Crippen LogP contribution in [0.25, 0.3) is 0 Å². The van der Waals surface area contributed by atoms with Gasteiger partial charge in [0.25, 0.3) is 0 Å². The second-order valence-electron chi connectivity index (χ2n) is 5.95. The van der Waals surface area contributed by atoms with Crippen LogP contribution in [-0.4, -0.2) is 42.9 Å². The molecule has 0 spiro atoms. The maximum atomic E-state index is 12.4. The molecule has 1 aliphatic rings. The number of esters is 1. The number of hydrogen-bond acceptors (Lipinski definition) is 8. The number of benzene rings is 1. The predicted octanol–water partition coefficient (Wildman–Crippen LogP) is 2.13. The summed E-state index contributed by atoms with van der Waals surface area (Å²) in [6.45, 7) is 4.58. The average molecular weight is 364 g/mol. The minimum absolute atomic E-state index is 0.0541. The summed E-state index contributed by atoms with van der Waals surface area (Å²) >= 11 is 0. The lowest BCUT2D eigenvalue weighted by atomic mass is 9.64. The highest BCUT2D eigenvalue weighted by Crippen LogP contribution is 2.36. The SMILES string of the molecule is CCOC(=O)OC(C)OC(=O)c1cccc2c1OB(O)[C@@H](CC(C)=O)C2. The Balaban J connectivity index is 2.11. The average Bonchev–Trinajstić information content (AvgIpc) is 2.54. The third kappa shape index (κ3) is 4.98. The van der Waals surface area contributed by atoms with Crippen molar-refractivity contribution in [1.29, 1.82) is 0 Å². The lowest BCUT2D eigenvalue weighted by Crippen LogP contribution is -2.35. The molecule has 0 radical (unpaired) electrons. The zero-order valence-corrected chi connectivity index (χ0v) is 14.9. The number of carbonyl (C=O) groups is 3. The summed E-state index contributed by atoms with van der Waals surface area (Å²) in [6.07, 6.45) is -1.52. The zero-order chi connectivity index (χ0) is 19.3. The van der Waals surface area contributed by atoms with Gasteiger partial charge in [-0.3, -0.25) is 0 Å². The number of fused-ring (bicyclic) bond motifs is 1. The number of ketones is 1. The smallest absolute Gasteiger partial charge is 0.526 e. The number of para-hydroxylation sites is 1. The first-order valence-corrected chi connectivity index (χ1v) is 8.32. The van der Waals surface area contributed by atoms with Gasteiger partial charge in [-0.25, -0.2) is 9.59 Å². The van der Waals surface area contributed by atoms with Crippen LogP contribution in [0, 0.1) is 0 Å². The first-order valence-electron chi connectivity index (χ1n) is 8.32. The van der Waals surface area contributed by atoms with Gasteiger partial charge in [0.2, 0.25) is 6.29 Å². The van der Waals surface area contributed by atoms with E-state index < -0.39 is 25.5 Å². The van der Waals surface area contributed by atoms with E-state index in [1.54, 1.807) is 19.1 Å². The van der Waals surface area contributed by atoms with E-state index in [1.165, 1.54) is 19.9 Å². The van der Waals surface area contributed by atoms with E-state index in [0.29, 0.717) is 12.0 Å². The molecule has 0 fully saturated rings. The Kier molecular flexibility index (Phi) is 6.62. The molecule has 0 saturated heterocycles. The van der Waals surface area contributed by atoms with Gasteiger partial charge in [-0.05, 0) is 31.9 Å². The molecule has 1 aromatic rings. The van der Waals surface area contributed by atoms with Crippen molar-refractivity contribution >= 4 is 25.0 Å². The molecule has 1 aromatic carbocycles. The Morgan fingerprint density at radius 1 is 1.35 bits per heavy atom. The highest BCUT2D eigenvalue weighted by atomic mass is 16.8. The second kappa shape index (κ2) is 8.71. The van der Waals surface area contributed by atoms with Crippen LogP contribution in [0.3, 0.4) is 0 Å². The molecule has 0 aromatic heterocycles. The molecule has 1 heterocycles. The van der Waals surface area contributed by atoms with Gasteiger partial charge < -0.3 is 28.7 Å². The molecule has 9 heteroatoms. The highest BCUT2D eigenvalue weighted by molar-refractivity contribution is 6.46. The van der Waals surface area contributed by atoms with E-state index in [-0.39, 0.29) is 35.9 Å². The van der Waals surface area contributed by atoms with Gasteiger partial charge in [0.05, 0.1) is 6.61 Å². The fraction of sp³-hybridized carbons (Fsp3) is 0.471.